The first-order chi connectivity index (χ1) is 7.93. The number of carbonyl (C=O) groups excluding carboxylic acids is 1. The van der Waals surface area contributed by atoms with Crippen molar-refractivity contribution in [1.29, 1.82) is 0 Å². The topological polar surface area (TPSA) is 64.3 Å². The molecule has 0 aromatic heterocycles. The molecule has 0 bridgehead atoms. The van der Waals surface area contributed by atoms with E-state index in [1.807, 2.05) is 5.43 Å². The van der Waals surface area contributed by atoms with Gasteiger partial charge in [-0.25, -0.2) is 5.84 Å². The van der Waals surface area contributed by atoms with Crippen molar-refractivity contribution in [3.05, 3.63) is 29.8 Å². The molecule has 1 amide bonds. The molecule has 0 heterocycles. The molecule has 3 N–H and O–H groups in total. The van der Waals surface area contributed by atoms with Crippen molar-refractivity contribution in [2.75, 3.05) is 6.61 Å². The van der Waals surface area contributed by atoms with Gasteiger partial charge in [-0.15, -0.1) is 0 Å². The van der Waals surface area contributed by atoms with Crippen molar-refractivity contribution in [2.45, 2.75) is 12.6 Å². The minimum absolute atomic E-state index is 0.0211. The lowest BCUT2D eigenvalue weighted by atomic mass is 10.2. The van der Waals surface area contributed by atoms with Gasteiger partial charge in [-0.3, -0.25) is 10.2 Å². The second-order valence-electron chi connectivity index (χ2n) is 3.19. The van der Waals surface area contributed by atoms with E-state index in [2.05, 4.69) is 0 Å². The fourth-order valence-electron chi connectivity index (χ4n) is 1.10. The van der Waals surface area contributed by atoms with Gasteiger partial charge >= 0.3 is 6.18 Å². The van der Waals surface area contributed by atoms with E-state index in [1.165, 1.54) is 12.1 Å². The average molecular weight is 248 g/mol. The second-order valence-corrected chi connectivity index (χ2v) is 3.19. The van der Waals surface area contributed by atoms with E-state index in [1.54, 1.807) is 0 Å². The molecule has 1 rings (SSSR count). The maximum Gasteiger partial charge on any atom is 0.416 e. The van der Waals surface area contributed by atoms with Gasteiger partial charge < -0.3 is 4.74 Å². The fraction of sp³-hybridized carbons (Fsp3) is 0.300. The first kappa shape index (κ1) is 13.3. The monoisotopic (exact) mass is 248 g/mol. The Kier molecular flexibility index (Phi) is 4.33. The average Bonchev–Trinajstić information content (AvgIpc) is 2.28. The van der Waals surface area contributed by atoms with E-state index in [-0.39, 0.29) is 18.8 Å². The van der Waals surface area contributed by atoms with Gasteiger partial charge in [-0.1, -0.05) is 6.07 Å². The number of hydrogen-bond acceptors (Lipinski definition) is 3. The summed E-state index contributed by atoms with van der Waals surface area (Å²) in [5.74, 6) is 4.44. The zero-order valence-corrected chi connectivity index (χ0v) is 8.75. The van der Waals surface area contributed by atoms with Gasteiger partial charge in [0, 0.05) is 0 Å². The Hall–Kier alpha value is -1.76. The third-order valence-corrected chi connectivity index (χ3v) is 1.92. The number of nitrogens with one attached hydrogen (secondary N) is 1. The number of nitrogens with two attached hydrogens (primary N) is 1. The number of hydrogen-bond donors (Lipinski definition) is 2. The molecule has 0 fully saturated rings. The van der Waals surface area contributed by atoms with Crippen molar-refractivity contribution in [3.63, 3.8) is 0 Å². The summed E-state index contributed by atoms with van der Waals surface area (Å²) in [6.07, 6.45) is -4.43. The van der Waals surface area contributed by atoms with Gasteiger partial charge in [0.05, 0.1) is 18.6 Å². The Labute approximate surface area is 95.5 Å². The van der Waals surface area contributed by atoms with Crippen LogP contribution >= 0.6 is 0 Å². The smallest absolute Gasteiger partial charge is 0.416 e. The Morgan fingerprint density at radius 2 is 2.12 bits per heavy atom. The highest BCUT2D eigenvalue weighted by Gasteiger charge is 2.30. The number of hydrazine groups is 1. The zero-order chi connectivity index (χ0) is 12.9. The van der Waals surface area contributed by atoms with Crippen LogP contribution in [0.1, 0.15) is 12.0 Å². The minimum Gasteiger partial charge on any atom is -0.493 e. The standard InChI is InChI=1S/C10H11F3N2O2/c11-10(12,13)7-2-1-3-8(6-7)17-5-4-9(16)15-14/h1-3,6H,4-5,14H2,(H,15,16). The highest BCUT2D eigenvalue weighted by Crippen LogP contribution is 2.31. The third-order valence-electron chi connectivity index (χ3n) is 1.92. The largest absolute Gasteiger partial charge is 0.493 e. The van der Waals surface area contributed by atoms with Crippen molar-refractivity contribution in [1.82, 2.24) is 5.43 Å². The number of amides is 1. The van der Waals surface area contributed by atoms with Crippen LogP contribution in [0.15, 0.2) is 24.3 Å². The van der Waals surface area contributed by atoms with Gasteiger partial charge in [0.15, 0.2) is 0 Å². The van der Waals surface area contributed by atoms with Crippen molar-refractivity contribution in [2.24, 2.45) is 5.84 Å². The molecule has 0 atom stereocenters. The normalized spacial score (nSPS) is 11.1. The van der Waals surface area contributed by atoms with Crippen molar-refractivity contribution in [3.8, 4) is 5.75 Å². The predicted octanol–water partition coefficient (Wildman–Crippen LogP) is 1.46. The molecule has 0 aliphatic rings. The van der Waals surface area contributed by atoms with Crippen molar-refractivity contribution >= 4 is 5.91 Å². The van der Waals surface area contributed by atoms with Crippen molar-refractivity contribution < 1.29 is 22.7 Å². The van der Waals surface area contributed by atoms with Crippen LogP contribution in [0.3, 0.4) is 0 Å². The van der Waals surface area contributed by atoms with Crippen LogP contribution in [0.5, 0.6) is 5.75 Å². The molecule has 1 aromatic rings. The minimum atomic E-state index is -4.41. The second kappa shape index (κ2) is 5.53. The van der Waals surface area contributed by atoms with E-state index in [4.69, 9.17) is 10.6 Å². The third kappa shape index (κ3) is 4.31. The van der Waals surface area contributed by atoms with E-state index in [0.717, 1.165) is 12.1 Å². The summed E-state index contributed by atoms with van der Waals surface area (Å²) >= 11 is 0. The highest BCUT2D eigenvalue weighted by atomic mass is 19.4. The molecule has 4 nitrogen and oxygen atoms in total. The van der Waals surface area contributed by atoms with E-state index >= 15 is 0 Å². The van der Waals surface area contributed by atoms with Crippen LogP contribution in [0.2, 0.25) is 0 Å². The predicted molar refractivity (Wildman–Crippen MR) is 53.9 cm³/mol. The number of carbonyl (C=O) groups is 1. The Morgan fingerprint density at radius 3 is 2.71 bits per heavy atom. The van der Waals surface area contributed by atoms with Crippen LogP contribution < -0.4 is 16.0 Å². The summed E-state index contributed by atoms with van der Waals surface area (Å²) in [7, 11) is 0. The maximum absolute atomic E-state index is 12.3. The highest BCUT2D eigenvalue weighted by molar-refractivity contribution is 5.75. The molecule has 0 aliphatic heterocycles. The van der Waals surface area contributed by atoms with Crippen LogP contribution in [-0.4, -0.2) is 12.5 Å². The number of rotatable bonds is 4. The lowest BCUT2D eigenvalue weighted by molar-refractivity contribution is -0.137. The van der Waals surface area contributed by atoms with Crippen LogP contribution in [-0.2, 0) is 11.0 Å². The SMILES string of the molecule is NNC(=O)CCOc1cccc(C(F)(F)F)c1. The van der Waals surface area contributed by atoms with Crippen LogP contribution in [0.4, 0.5) is 13.2 Å². The Bertz CT molecular complexity index is 393. The van der Waals surface area contributed by atoms with Gasteiger partial charge in [-0.05, 0) is 18.2 Å². The number of benzene rings is 1. The number of halogens is 3. The quantitative estimate of drug-likeness (QED) is 0.481. The molecule has 0 unspecified atom stereocenters. The molecule has 0 saturated heterocycles. The first-order valence-corrected chi connectivity index (χ1v) is 4.73. The molecular formula is C10H11F3N2O2. The summed E-state index contributed by atoms with van der Waals surface area (Å²) in [6.45, 7) is -0.0374. The van der Waals surface area contributed by atoms with Gasteiger partial charge in [0.25, 0.3) is 0 Å². The first-order valence-electron chi connectivity index (χ1n) is 4.73. The number of ether oxygens (including phenoxy) is 1. The summed E-state index contributed by atoms with van der Waals surface area (Å²) in [5.41, 5.74) is 1.09. The summed E-state index contributed by atoms with van der Waals surface area (Å²) in [6, 6.07) is 4.44. The summed E-state index contributed by atoms with van der Waals surface area (Å²) in [4.78, 5) is 10.7. The molecule has 1 aromatic carbocycles. The molecule has 0 saturated carbocycles. The summed E-state index contributed by atoms with van der Waals surface area (Å²) in [5, 5.41) is 0. The molecule has 94 valence electrons. The molecule has 7 heteroatoms. The van der Waals surface area contributed by atoms with Gasteiger partial charge in [0.1, 0.15) is 5.75 Å². The molecule has 17 heavy (non-hydrogen) atoms. The Morgan fingerprint density at radius 1 is 1.41 bits per heavy atom. The van der Waals surface area contributed by atoms with E-state index in [0.29, 0.717) is 0 Å². The lowest BCUT2D eigenvalue weighted by Crippen LogP contribution is -2.31. The molecule has 0 radical (unpaired) electrons. The van der Waals surface area contributed by atoms with Gasteiger partial charge in [0.2, 0.25) is 5.91 Å². The summed E-state index contributed by atoms with van der Waals surface area (Å²) < 4.78 is 42.0. The van der Waals surface area contributed by atoms with Crippen LogP contribution in [0.25, 0.3) is 0 Å². The Balaban J connectivity index is 2.58. The van der Waals surface area contributed by atoms with Gasteiger partial charge in [-0.2, -0.15) is 13.2 Å². The van der Waals surface area contributed by atoms with E-state index in [9.17, 15) is 18.0 Å². The van der Waals surface area contributed by atoms with E-state index < -0.39 is 17.6 Å². The fourth-order valence-corrected chi connectivity index (χ4v) is 1.10. The molecule has 0 spiro atoms. The zero-order valence-electron chi connectivity index (χ0n) is 8.75. The lowest BCUT2D eigenvalue weighted by Gasteiger charge is -2.09. The van der Waals surface area contributed by atoms with Crippen LogP contribution in [0, 0.1) is 0 Å². The molecule has 0 aliphatic carbocycles. The number of alkyl halides is 3. The maximum atomic E-state index is 12.3. The molecular weight excluding hydrogens is 237 g/mol.